The monoisotopic (exact) mass is 345 g/mol. The van der Waals surface area contributed by atoms with Gasteiger partial charge in [-0.05, 0) is 47.4 Å². The van der Waals surface area contributed by atoms with Crippen LogP contribution in [0.1, 0.15) is 22.8 Å². The van der Waals surface area contributed by atoms with E-state index in [1.807, 2.05) is 42.5 Å². The molecule has 1 aliphatic rings. The zero-order valence-corrected chi connectivity index (χ0v) is 14.7. The summed E-state index contributed by atoms with van der Waals surface area (Å²) in [6.45, 7) is 2.39. The summed E-state index contributed by atoms with van der Waals surface area (Å²) in [5, 5.41) is 3.52. The molecule has 0 spiro atoms. The molecule has 0 fully saturated rings. The van der Waals surface area contributed by atoms with Crippen LogP contribution < -0.4 is 10.1 Å². The van der Waals surface area contributed by atoms with Crippen LogP contribution in [0.15, 0.2) is 78.9 Å². The number of nitrogens with one attached hydrogen (secondary N) is 1. The van der Waals surface area contributed by atoms with E-state index in [0.29, 0.717) is 0 Å². The molecular formula is C23H23NO2. The smallest absolute Gasteiger partial charge is 0.127 e. The number of hydrogen-bond acceptors (Lipinski definition) is 3. The molecule has 26 heavy (non-hydrogen) atoms. The van der Waals surface area contributed by atoms with E-state index >= 15 is 0 Å². The maximum atomic E-state index is 5.96. The first-order valence-electron chi connectivity index (χ1n) is 9.10. The van der Waals surface area contributed by atoms with Crippen LogP contribution in [0.3, 0.4) is 0 Å². The minimum Gasteiger partial charge on any atom is -0.457 e. The predicted octanol–water partition coefficient (Wildman–Crippen LogP) is 4.88. The van der Waals surface area contributed by atoms with Crippen molar-refractivity contribution in [2.45, 2.75) is 19.1 Å². The Morgan fingerprint density at radius 2 is 1.69 bits per heavy atom. The lowest BCUT2D eigenvalue weighted by Crippen LogP contribution is -2.27. The van der Waals surface area contributed by atoms with Crippen LogP contribution in [0.2, 0.25) is 0 Å². The number of para-hydroxylation sites is 1. The summed E-state index contributed by atoms with van der Waals surface area (Å²) < 4.78 is 11.9. The lowest BCUT2D eigenvalue weighted by atomic mass is 9.97. The molecule has 1 aliphatic heterocycles. The molecule has 3 heteroatoms. The maximum Gasteiger partial charge on any atom is 0.127 e. The molecule has 0 saturated heterocycles. The van der Waals surface area contributed by atoms with Crippen molar-refractivity contribution in [2.24, 2.45) is 0 Å². The quantitative estimate of drug-likeness (QED) is 0.690. The zero-order valence-electron chi connectivity index (χ0n) is 14.7. The van der Waals surface area contributed by atoms with Gasteiger partial charge in [-0.3, -0.25) is 0 Å². The molecule has 1 N–H and O–H groups in total. The first-order valence-corrected chi connectivity index (χ1v) is 9.10. The highest BCUT2D eigenvalue weighted by Crippen LogP contribution is 2.26. The van der Waals surface area contributed by atoms with Gasteiger partial charge in [0.1, 0.15) is 11.5 Å². The molecule has 3 aromatic rings. The second-order valence-electron chi connectivity index (χ2n) is 6.50. The molecule has 4 rings (SSSR count). The van der Waals surface area contributed by atoms with Gasteiger partial charge in [0.15, 0.2) is 0 Å². The summed E-state index contributed by atoms with van der Waals surface area (Å²) in [6.07, 6.45) is 1.13. The van der Waals surface area contributed by atoms with E-state index in [4.69, 9.17) is 9.47 Å². The van der Waals surface area contributed by atoms with Crippen LogP contribution in [-0.4, -0.2) is 13.2 Å². The molecule has 0 saturated carbocycles. The lowest BCUT2D eigenvalue weighted by Gasteiger charge is -2.26. The van der Waals surface area contributed by atoms with E-state index in [-0.39, 0.29) is 6.10 Å². The molecular weight excluding hydrogens is 322 g/mol. The Hall–Kier alpha value is -2.62. The molecule has 1 atom stereocenters. The highest BCUT2D eigenvalue weighted by molar-refractivity contribution is 5.34. The molecule has 0 aliphatic carbocycles. The van der Waals surface area contributed by atoms with E-state index in [0.717, 1.165) is 37.6 Å². The van der Waals surface area contributed by atoms with Crippen molar-refractivity contribution >= 4 is 0 Å². The van der Waals surface area contributed by atoms with Crippen molar-refractivity contribution in [1.82, 2.24) is 5.32 Å². The van der Waals surface area contributed by atoms with Crippen molar-refractivity contribution in [3.05, 3.63) is 95.6 Å². The highest BCUT2D eigenvalue weighted by atomic mass is 16.5. The first-order chi connectivity index (χ1) is 12.9. The molecule has 0 bridgehead atoms. The van der Waals surface area contributed by atoms with Gasteiger partial charge in [0.2, 0.25) is 0 Å². The van der Waals surface area contributed by atoms with Gasteiger partial charge in [-0.25, -0.2) is 0 Å². The molecule has 3 aromatic carbocycles. The van der Waals surface area contributed by atoms with Crippen LogP contribution in [-0.2, 0) is 17.7 Å². The Kier molecular flexibility index (Phi) is 5.29. The van der Waals surface area contributed by atoms with Crippen LogP contribution in [0.4, 0.5) is 0 Å². The Bertz CT molecular complexity index is 848. The number of ether oxygens (including phenoxy) is 2. The standard InChI is InChI=1S/C23H23NO2/c1-2-9-20(10-3-1)26-21-11-6-7-18(15-21)16-24-17-23-22-12-5-4-8-19(22)13-14-25-23/h1-12,15,23-24H,13-14,16-17H2. The minimum absolute atomic E-state index is 0.128. The molecule has 0 aromatic heterocycles. The normalized spacial score (nSPS) is 16.1. The fourth-order valence-electron chi connectivity index (χ4n) is 3.34. The average Bonchev–Trinajstić information content (AvgIpc) is 2.69. The zero-order chi connectivity index (χ0) is 17.6. The molecule has 3 nitrogen and oxygen atoms in total. The maximum absolute atomic E-state index is 5.96. The Labute approximate surface area is 154 Å². The average molecular weight is 345 g/mol. The summed E-state index contributed by atoms with van der Waals surface area (Å²) in [5.41, 5.74) is 3.92. The van der Waals surface area contributed by atoms with Gasteiger partial charge in [0.05, 0.1) is 12.7 Å². The van der Waals surface area contributed by atoms with Crippen molar-refractivity contribution in [3.63, 3.8) is 0 Å². The fraction of sp³-hybridized carbons (Fsp3) is 0.217. The SMILES string of the molecule is c1ccc(Oc2cccc(CNCC3OCCc4ccccc43)c2)cc1. The van der Waals surface area contributed by atoms with Gasteiger partial charge < -0.3 is 14.8 Å². The van der Waals surface area contributed by atoms with Crippen LogP contribution in [0.25, 0.3) is 0 Å². The lowest BCUT2D eigenvalue weighted by molar-refractivity contribution is 0.0423. The van der Waals surface area contributed by atoms with E-state index < -0.39 is 0 Å². The van der Waals surface area contributed by atoms with Crippen molar-refractivity contribution in [3.8, 4) is 11.5 Å². The first kappa shape index (κ1) is 16.8. The predicted molar refractivity (Wildman–Crippen MR) is 104 cm³/mol. The second-order valence-corrected chi connectivity index (χ2v) is 6.50. The van der Waals surface area contributed by atoms with Gasteiger partial charge in [0.25, 0.3) is 0 Å². The summed E-state index contributed by atoms with van der Waals surface area (Å²) >= 11 is 0. The fourth-order valence-corrected chi connectivity index (χ4v) is 3.34. The number of benzene rings is 3. The van der Waals surface area contributed by atoms with Crippen molar-refractivity contribution in [2.75, 3.05) is 13.2 Å². The van der Waals surface area contributed by atoms with Gasteiger partial charge in [-0.1, -0.05) is 54.6 Å². The minimum atomic E-state index is 0.128. The van der Waals surface area contributed by atoms with Gasteiger partial charge in [0, 0.05) is 13.1 Å². The third-order valence-electron chi connectivity index (χ3n) is 4.63. The largest absolute Gasteiger partial charge is 0.457 e. The molecule has 1 unspecified atom stereocenters. The van der Waals surface area contributed by atoms with E-state index in [9.17, 15) is 0 Å². The number of fused-ring (bicyclic) bond motifs is 1. The molecule has 0 radical (unpaired) electrons. The van der Waals surface area contributed by atoms with Gasteiger partial charge in [-0.2, -0.15) is 0 Å². The van der Waals surface area contributed by atoms with E-state index in [1.165, 1.54) is 16.7 Å². The van der Waals surface area contributed by atoms with Gasteiger partial charge >= 0.3 is 0 Å². The Morgan fingerprint density at radius 3 is 2.62 bits per heavy atom. The van der Waals surface area contributed by atoms with Crippen LogP contribution in [0.5, 0.6) is 11.5 Å². The van der Waals surface area contributed by atoms with E-state index in [1.54, 1.807) is 0 Å². The summed E-state index contributed by atoms with van der Waals surface area (Å²) in [6, 6.07) is 26.6. The highest BCUT2D eigenvalue weighted by Gasteiger charge is 2.19. The molecule has 132 valence electrons. The molecule has 1 heterocycles. The Balaban J connectivity index is 1.35. The topological polar surface area (TPSA) is 30.5 Å². The summed E-state index contributed by atoms with van der Waals surface area (Å²) in [5.74, 6) is 1.71. The summed E-state index contributed by atoms with van der Waals surface area (Å²) in [4.78, 5) is 0. The number of rotatable bonds is 6. The Morgan fingerprint density at radius 1 is 0.885 bits per heavy atom. The number of hydrogen-bond donors (Lipinski definition) is 1. The van der Waals surface area contributed by atoms with Crippen molar-refractivity contribution < 1.29 is 9.47 Å². The van der Waals surface area contributed by atoms with Crippen molar-refractivity contribution in [1.29, 1.82) is 0 Å². The second kappa shape index (κ2) is 8.17. The van der Waals surface area contributed by atoms with Gasteiger partial charge in [-0.15, -0.1) is 0 Å². The third-order valence-corrected chi connectivity index (χ3v) is 4.63. The van der Waals surface area contributed by atoms with Crippen LogP contribution >= 0.6 is 0 Å². The molecule has 0 amide bonds. The van der Waals surface area contributed by atoms with Crippen LogP contribution in [0, 0.1) is 0 Å². The van der Waals surface area contributed by atoms with E-state index in [2.05, 4.69) is 41.7 Å². The summed E-state index contributed by atoms with van der Waals surface area (Å²) in [7, 11) is 0. The third kappa shape index (κ3) is 4.13.